The van der Waals surface area contributed by atoms with E-state index in [0.717, 1.165) is 63.9 Å². The van der Waals surface area contributed by atoms with Crippen molar-refractivity contribution in [2.45, 2.75) is 57.1 Å². The second kappa shape index (κ2) is 7.17. The first-order chi connectivity index (χ1) is 12.5. The van der Waals surface area contributed by atoms with E-state index in [9.17, 15) is 9.90 Å². The number of hydrogen-bond donors (Lipinski definition) is 1. The Hall–Kier alpha value is -1.04. The average molecular weight is 398 g/mol. The summed E-state index contributed by atoms with van der Waals surface area (Å²) in [6.07, 6.45) is 7.64. The Morgan fingerprint density at radius 1 is 1.15 bits per heavy atom. The highest BCUT2D eigenvalue weighted by Gasteiger charge is 2.50. The molecular formula is C19H25Cl2N3O2. The van der Waals surface area contributed by atoms with Crippen LogP contribution >= 0.6 is 23.2 Å². The molecule has 3 fully saturated rings. The molecule has 1 atom stereocenters. The van der Waals surface area contributed by atoms with Gasteiger partial charge >= 0.3 is 0 Å². The van der Waals surface area contributed by atoms with Gasteiger partial charge in [-0.1, -0.05) is 23.2 Å². The first kappa shape index (κ1) is 18.3. The number of hydrogen-bond acceptors (Lipinski definition) is 4. The number of carbonyl (C=O) groups is 1. The lowest BCUT2D eigenvalue weighted by Crippen LogP contribution is -2.50. The molecule has 0 radical (unpaired) electrons. The molecule has 2 saturated heterocycles. The van der Waals surface area contributed by atoms with Crippen LogP contribution in [-0.4, -0.2) is 52.7 Å². The summed E-state index contributed by atoms with van der Waals surface area (Å²) in [4.78, 5) is 22.0. The van der Waals surface area contributed by atoms with E-state index < -0.39 is 0 Å². The number of aliphatic hydroxyl groups is 1. The molecule has 1 aromatic heterocycles. The summed E-state index contributed by atoms with van der Waals surface area (Å²) < 4.78 is 0. The maximum atomic E-state index is 13.3. The van der Waals surface area contributed by atoms with Gasteiger partial charge in [-0.05, 0) is 51.0 Å². The lowest BCUT2D eigenvalue weighted by molar-refractivity contribution is -0.139. The van der Waals surface area contributed by atoms with Crippen LogP contribution in [0.3, 0.4) is 0 Å². The fourth-order valence-corrected chi connectivity index (χ4v) is 5.40. The molecule has 3 heterocycles. The number of likely N-dealkylation sites (tertiary alicyclic amines) is 1. The number of amides is 1. The Kier molecular flexibility index (Phi) is 5.06. The summed E-state index contributed by atoms with van der Waals surface area (Å²) in [5, 5.41) is 10.8. The minimum absolute atomic E-state index is 0.193. The number of piperidine rings is 1. The van der Waals surface area contributed by atoms with Crippen LogP contribution in [0.15, 0.2) is 12.3 Å². The van der Waals surface area contributed by atoms with Crippen LogP contribution < -0.4 is 4.90 Å². The molecule has 3 aliphatic rings. The lowest BCUT2D eigenvalue weighted by atomic mass is 9.78. The second-order valence-corrected chi connectivity index (χ2v) is 8.82. The Morgan fingerprint density at radius 2 is 1.92 bits per heavy atom. The molecule has 2 aliphatic heterocycles. The molecule has 142 valence electrons. The number of nitrogens with zero attached hydrogens (tertiary/aromatic N) is 3. The molecule has 1 saturated carbocycles. The van der Waals surface area contributed by atoms with Crippen molar-refractivity contribution in [1.82, 2.24) is 9.88 Å². The highest BCUT2D eigenvalue weighted by molar-refractivity contribution is 6.36. The van der Waals surface area contributed by atoms with Crippen LogP contribution in [-0.2, 0) is 4.79 Å². The van der Waals surface area contributed by atoms with Gasteiger partial charge in [-0.2, -0.15) is 0 Å². The molecular weight excluding hydrogens is 373 g/mol. The van der Waals surface area contributed by atoms with Gasteiger partial charge in [0.05, 0.1) is 21.6 Å². The van der Waals surface area contributed by atoms with Crippen molar-refractivity contribution in [2.75, 3.05) is 24.5 Å². The van der Waals surface area contributed by atoms with Gasteiger partial charge in [-0.3, -0.25) is 4.79 Å². The first-order valence-electron chi connectivity index (χ1n) is 9.54. The zero-order valence-corrected chi connectivity index (χ0v) is 16.3. The van der Waals surface area contributed by atoms with Crippen molar-refractivity contribution in [1.29, 1.82) is 0 Å². The smallest absolute Gasteiger partial charge is 0.230 e. The summed E-state index contributed by atoms with van der Waals surface area (Å²) in [6.45, 7) is 2.36. The van der Waals surface area contributed by atoms with Crippen LogP contribution in [0, 0.1) is 5.41 Å². The number of aromatic nitrogens is 1. The molecule has 0 bridgehead atoms. The molecule has 1 N–H and O–H groups in total. The predicted octanol–water partition coefficient (Wildman–Crippen LogP) is 3.51. The van der Waals surface area contributed by atoms with E-state index in [2.05, 4.69) is 14.8 Å². The summed E-state index contributed by atoms with van der Waals surface area (Å²) >= 11 is 12.3. The largest absolute Gasteiger partial charge is 0.393 e. The van der Waals surface area contributed by atoms with Gasteiger partial charge in [0.1, 0.15) is 5.82 Å². The standard InChI is InChI=1S/C19H25Cl2N3O2/c20-13-10-16(21)17(22-11-13)23-8-1-6-19(12-23)7-9-24(18(19)26)14-2-4-15(25)5-3-14/h10-11,14-15,25H,1-9,12H2. The monoisotopic (exact) mass is 397 g/mol. The lowest BCUT2D eigenvalue weighted by Gasteiger charge is -2.41. The van der Waals surface area contributed by atoms with Gasteiger partial charge in [-0.15, -0.1) is 0 Å². The molecule has 4 rings (SSSR count). The quantitative estimate of drug-likeness (QED) is 0.829. The molecule has 1 aliphatic carbocycles. The van der Waals surface area contributed by atoms with Crippen molar-refractivity contribution in [3.05, 3.63) is 22.3 Å². The Labute approximate surface area is 164 Å². The minimum Gasteiger partial charge on any atom is -0.393 e. The number of anilines is 1. The van der Waals surface area contributed by atoms with Gasteiger partial charge < -0.3 is 14.9 Å². The minimum atomic E-state index is -0.320. The maximum Gasteiger partial charge on any atom is 0.230 e. The Morgan fingerprint density at radius 3 is 2.65 bits per heavy atom. The van der Waals surface area contributed by atoms with Crippen molar-refractivity contribution in [2.24, 2.45) is 5.41 Å². The molecule has 1 amide bonds. The molecule has 0 aromatic carbocycles. The van der Waals surface area contributed by atoms with Crippen LogP contribution in [0.1, 0.15) is 44.9 Å². The molecule has 7 heteroatoms. The summed E-state index contributed by atoms with van der Waals surface area (Å²) in [5.41, 5.74) is -0.320. The predicted molar refractivity (Wildman–Crippen MR) is 103 cm³/mol. The van der Waals surface area contributed by atoms with E-state index >= 15 is 0 Å². The maximum absolute atomic E-state index is 13.3. The number of aliphatic hydroxyl groups excluding tert-OH is 1. The van der Waals surface area contributed by atoms with Crippen molar-refractivity contribution >= 4 is 34.9 Å². The number of rotatable bonds is 2. The van der Waals surface area contributed by atoms with Crippen LogP contribution in [0.5, 0.6) is 0 Å². The van der Waals surface area contributed by atoms with Gasteiger partial charge in [0.15, 0.2) is 0 Å². The van der Waals surface area contributed by atoms with Gasteiger partial charge in [0.2, 0.25) is 5.91 Å². The first-order valence-corrected chi connectivity index (χ1v) is 10.3. The summed E-state index contributed by atoms with van der Waals surface area (Å²) in [7, 11) is 0. The van der Waals surface area contributed by atoms with E-state index in [1.54, 1.807) is 12.3 Å². The van der Waals surface area contributed by atoms with Crippen LogP contribution in [0.25, 0.3) is 0 Å². The van der Waals surface area contributed by atoms with E-state index in [-0.39, 0.29) is 23.5 Å². The highest BCUT2D eigenvalue weighted by atomic mass is 35.5. The molecule has 1 aromatic rings. The van der Waals surface area contributed by atoms with Crippen molar-refractivity contribution in [3.63, 3.8) is 0 Å². The fourth-order valence-electron chi connectivity index (χ4n) is 4.90. The van der Waals surface area contributed by atoms with Crippen LogP contribution in [0.2, 0.25) is 10.0 Å². The normalized spacial score (nSPS) is 32.5. The van der Waals surface area contributed by atoms with E-state index in [4.69, 9.17) is 23.2 Å². The zero-order chi connectivity index (χ0) is 18.3. The SMILES string of the molecule is O=C1N(C2CCC(O)CC2)CCC12CCCN(c1ncc(Cl)cc1Cl)C2. The molecule has 1 unspecified atom stereocenters. The third-order valence-electron chi connectivity index (χ3n) is 6.32. The van der Waals surface area contributed by atoms with E-state index in [1.807, 2.05) is 0 Å². The Bertz CT molecular complexity index is 693. The van der Waals surface area contributed by atoms with E-state index in [1.165, 1.54) is 0 Å². The number of carbonyl (C=O) groups excluding carboxylic acids is 1. The van der Waals surface area contributed by atoms with Crippen molar-refractivity contribution < 1.29 is 9.90 Å². The van der Waals surface area contributed by atoms with Gasteiger partial charge in [0.25, 0.3) is 0 Å². The third-order valence-corrected chi connectivity index (χ3v) is 6.80. The second-order valence-electron chi connectivity index (χ2n) is 7.98. The summed E-state index contributed by atoms with van der Waals surface area (Å²) in [5.74, 6) is 1.01. The van der Waals surface area contributed by atoms with Gasteiger partial charge in [-0.25, -0.2) is 4.98 Å². The number of halogens is 2. The zero-order valence-electron chi connectivity index (χ0n) is 14.8. The van der Waals surface area contributed by atoms with Crippen molar-refractivity contribution in [3.8, 4) is 0 Å². The fraction of sp³-hybridized carbons (Fsp3) is 0.684. The van der Waals surface area contributed by atoms with Gasteiger partial charge in [0, 0.05) is 31.9 Å². The number of pyridine rings is 1. The molecule has 5 nitrogen and oxygen atoms in total. The van der Waals surface area contributed by atoms with Crippen LogP contribution in [0.4, 0.5) is 5.82 Å². The topological polar surface area (TPSA) is 56.7 Å². The van der Waals surface area contributed by atoms with E-state index in [0.29, 0.717) is 16.6 Å². The Balaban J connectivity index is 1.50. The molecule has 26 heavy (non-hydrogen) atoms. The third kappa shape index (κ3) is 3.30. The highest BCUT2D eigenvalue weighted by Crippen LogP contribution is 2.44. The average Bonchev–Trinajstić information content (AvgIpc) is 2.92. The molecule has 1 spiro atoms. The summed E-state index contributed by atoms with van der Waals surface area (Å²) in [6, 6.07) is 2.00.